The topological polar surface area (TPSA) is 222 Å². The molecule has 7 N–H and O–H groups in total. The van der Waals surface area contributed by atoms with Gasteiger partial charge in [-0.2, -0.15) is 0 Å². The van der Waals surface area contributed by atoms with Crippen LogP contribution < -0.4 is 0 Å². The van der Waals surface area contributed by atoms with Gasteiger partial charge in [-0.05, 0) is 12.1 Å². The highest BCUT2D eigenvalue weighted by Crippen LogP contribution is 2.41. The maximum atomic E-state index is 12.6. The lowest BCUT2D eigenvalue weighted by molar-refractivity contribution is -0.340. The Bertz CT molecular complexity index is 1060. The summed E-state index contributed by atoms with van der Waals surface area (Å²) in [4.78, 5) is 25.1. The highest BCUT2D eigenvalue weighted by atomic mass is 16.8. The van der Waals surface area contributed by atoms with Gasteiger partial charge in [0.05, 0.1) is 24.0 Å². The molecule has 0 radical (unpaired) electrons. The van der Waals surface area contributed by atoms with E-state index in [9.17, 15) is 45.3 Å². The smallest absolute Gasteiger partial charge is 0.341 e. The van der Waals surface area contributed by atoms with E-state index in [0.29, 0.717) is 0 Å². The van der Waals surface area contributed by atoms with Gasteiger partial charge in [0, 0.05) is 18.3 Å². The quantitative estimate of drug-likeness (QED) is 0.130. The van der Waals surface area contributed by atoms with Crippen LogP contribution in [0.25, 0.3) is 0 Å². The zero-order valence-electron chi connectivity index (χ0n) is 19.1. The number of aliphatic hydroxyl groups excluding tert-OH is 4. The average Bonchev–Trinajstić information content (AvgIpc) is 2.87. The van der Waals surface area contributed by atoms with Gasteiger partial charge in [-0.15, -0.1) is 6.58 Å². The molecule has 1 aromatic rings. The minimum Gasteiger partial charge on any atom is -0.504 e. The van der Waals surface area contributed by atoms with Crippen LogP contribution >= 0.6 is 0 Å². The highest BCUT2D eigenvalue weighted by Gasteiger charge is 2.49. The third-order valence-electron chi connectivity index (χ3n) is 6.36. The first-order valence-electron chi connectivity index (χ1n) is 11.2. The maximum Gasteiger partial charge on any atom is 0.341 e. The SMILES string of the molecule is C=C[C@H]1C(OC2OC(CO)C(O)C(O)C2O)OC=C2C(=O)OC(OC(=O)c3cc(O)c(O)c(O)c3)C[C@H]21. The van der Waals surface area contributed by atoms with E-state index in [1.807, 2.05) is 0 Å². The van der Waals surface area contributed by atoms with Crippen LogP contribution in [0.4, 0.5) is 0 Å². The molecular weight excluding hydrogens is 500 g/mol. The molecule has 3 heterocycles. The van der Waals surface area contributed by atoms with Crippen molar-refractivity contribution in [1.29, 1.82) is 0 Å². The van der Waals surface area contributed by atoms with E-state index >= 15 is 0 Å². The number of carbonyl (C=O) groups is 2. The summed E-state index contributed by atoms with van der Waals surface area (Å²) in [5.74, 6) is -5.75. The third kappa shape index (κ3) is 5.07. The maximum absolute atomic E-state index is 12.6. The second-order valence-electron chi connectivity index (χ2n) is 8.67. The monoisotopic (exact) mass is 526 g/mol. The molecular formula is C23H26O14. The van der Waals surface area contributed by atoms with Gasteiger partial charge in [0.2, 0.25) is 12.6 Å². The summed E-state index contributed by atoms with van der Waals surface area (Å²) in [5, 5.41) is 68.3. The minimum absolute atomic E-state index is 0.0754. The fourth-order valence-corrected chi connectivity index (χ4v) is 4.33. The summed E-state index contributed by atoms with van der Waals surface area (Å²) >= 11 is 0. The molecule has 14 heteroatoms. The van der Waals surface area contributed by atoms with Crippen LogP contribution in [0.3, 0.4) is 0 Å². The van der Waals surface area contributed by atoms with Gasteiger partial charge >= 0.3 is 11.9 Å². The van der Waals surface area contributed by atoms with Crippen LogP contribution in [0.15, 0.2) is 36.6 Å². The number of phenolic OH excluding ortho intramolecular Hbond substituents is 3. The number of aromatic hydroxyl groups is 3. The Hall–Kier alpha value is -3.40. The Morgan fingerprint density at radius 2 is 1.76 bits per heavy atom. The summed E-state index contributed by atoms with van der Waals surface area (Å²) in [7, 11) is 0. The van der Waals surface area contributed by atoms with E-state index < -0.39 is 90.9 Å². The van der Waals surface area contributed by atoms with Gasteiger partial charge in [-0.1, -0.05) is 6.08 Å². The van der Waals surface area contributed by atoms with Crippen LogP contribution in [0.1, 0.15) is 16.8 Å². The number of aliphatic hydroxyl groups is 4. The first-order chi connectivity index (χ1) is 17.5. The Labute approximate surface area is 209 Å². The van der Waals surface area contributed by atoms with Gasteiger partial charge in [-0.3, -0.25) is 0 Å². The normalized spacial score (nSPS) is 35.4. The average molecular weight is 526 g/mol. The fourth-order valence-electron chi connectivity index (χ4n) is 4.33. The predicted molar refractivity (Wildman–Crippen MR) is 116 cm³/mol. The highest BCUT2D eigenvalue weighted by molar-refractivity contribution is 5.92. The molecule has 2 fully saturated rings. The number of phenols is 3. The van der Waals surface area contributed by atoms with Crippen molar-refractivity contribution < 1.29 is 69.0 Å². The first-order valence-corrected chi connectivity index (χ1v) is 11.2. The molecule has 37 heavy (non-hydrogen) atoms. The van der Waals surface area contributed by atoms with Crippen LogP contribution in [-0.4, -0.2) is 97.6 Å². The lowest BCUT2D eigenvalue weighted by Gasteiger charge is -2.44. The summed E-state index contributed by atoms with van der Waals surface area (Å²) in [6.07, 6.45) is -7.89. The molecule has 3 aliphatic heterocycles. The molecule has 2 saturated heterocycles. The zero-order chi connectivity index (χ0) is 27.0. The van der Waals surface area contributed by atoms with Crippen molar-refractivity contribution in [3.05, 3.63) is 42.2 Å². The van der Waals surface area contributed by atoms with E-state index in [-0.39, 0.29) is 17.6 Å². The molecule has 7 unspecified atom stereocenters. The Kier molecular flexibility index (Phi) is 7.59. The molecule has 14 nitrogen and oxygen atoms in total. The number of rotatable bonds is 6. The van der Waals surface area contributed by atoms with Crippen LogP contribution in [0, 0.1) is 11.8 Å². The van der Waals surface area contributed by atoms with Gasteiger partial charge in [0.25, 0.3) is 0 Å². The zero-order valence-corrected chi connectivity index (χ0v) is 19.1. The van der Waals surface area contributed by atoms with Crippen molar-refractivity contribution in [2.45, 2.75) is 49.7 Å². The lowest BCUT2D eigenvalue weighted by atomic mass is 9.80. The van der Waals surface area contributed by atoms with Gasteiger partial charge < -0.3 is 59.4 Å². The molecule has 0 aliphatic carbocycles. The van der Waals surface area contributed by atoms with Crippen LogP contribution in [0.5, 0.6) is 17.2 Å². The summed E-state index contributed by atoms with van der Waals surface area (Å²) in [5.41, 5.74) is -0.230. The second-order valence-corrected chi connectivity index (χ2v) is 8.67. The van der Waals surface area contributed by atoms with E-state index in [1.54, 1.807) is 0 Å². The van der Waals surface area contributed by atoms with Crippen molar-refractivity contribution >= 4 is 11.9 Å². The minimum atomic E-state index is -1.69. The van der Waals surface area contributed by atoms with E-state index in [0.717, 1.165) is 18.4 Å². The number of hydrogen-bond acceptors (Lipinski definition) is 14. The molecule has 1 aromatic carbocycles. The van der Waals surface area contributed by atoms with Crippen molar-refractivity contribution in [2.75, 3.05) is 6.61 Å². The molecule has 0 saturated carbocycles. The van der Waals surface area contributed by atoms with Crippen molar-refractivity contribution in [1.82, 2.24) is 0 Å². The Morgan fingerprint density at radius 1 is 1.08 bits per heavy atom. The molecule has 9 atom stereocenters. The summed E-state index contributed by atoms with van der Waals surface area (Å²) in [6.45, 7) is 3.06. The number of fused-ring (bicyclic) bond motifs is 1. The first kappa shape index (κ1) is 26.7. The number of benzene rings is 1. The Morgan fingerprint density at radius 3 is 2.38 bits per heavy atom. The van der Waals surface area contributed by atoms with Gasteiger partial charge in [-0.25, -0.2) is 9.59 Å². The predicted octanol–water partition coefficient (Wildman–Crippen LogP) is -1.29. The second kappa shape index (κ2) is 10.5. The molecule has 0 amide bonds. The molecule has 3 aliphatic rings. The van der Waals surface area contributed by atoms with E-state index in [4.69, 9.17) is 23.7 Å². The number of ether oxygens (including phenoxy) is 5. The standard InChI is InChI=1S/C23H26O14/c1-2-9-10-5-15(35-20(31)8-3-12(25)16(27)13(26)4-8)36-21(32)11(10)7-33-22(9)37-23-19(30)18(29)17(28)14(6-24)34-23/h2-4,7,9-10,14-15,17-19,22-30H,1,5-6H2/t9-,10+,14?,15?,17?,18?,19?,22?,23?/m1/s1. The number of cyclic esters (lactones) is 1. The molecule has 4 rings (SSSR count). The molecule has 0 bridgehead atoms. The third-order valence-corrected chi connectivity index (χ3v) is 6.36. The fraction of sp³-hybridized carbons (Fsp3) is 0.478. The van der Waals surface area contributed by atoms with Crippen molar-refractivity contribution in [2.24, 2.45) is 11.8 Å². The van der Waals surface area contributed by atoms with E-state index in [1.165, 1.54) is 6.08 Å². The number of carbonyl (C=O) groups excluding carboxylic acids is 2. The van der Waals surface area contributed by atoms with Crippen LogP contribution in [-0.2, 0) is 28.5 Å². The van der Waals surface area contributed by atoms with Crippen LogP contribution in [0.2, 0.25) is 0 Å². The number of hydrogen-bond donors (Lipinski definition) is 7. The van der Waals surface area contributed by atoms with Crippen molar-refractivity contribution in [3.63, 3.8) is 0 Å². The van der Waals surface area contributed by atoms with Gasteiger partial charge in [0.1, 0.15) is 24.4 Å². The molecule has 0 spiro atoms. The largest absolute Gasteiger partial charge is 0.504 e. The number of esters is 2. The summed E-state index contributed by atoms with van der Waals surface area (Å²) < 4.78 is 26.9. The summed E-state index contributed by atoms with van der Waals surface area (Å²) in [6, 6.07) is 1.72. The molecule has 0 aromatic heterocycles. The van der Waals surface area contributed by atoms with E-state index in [2.05, 4.69) is 6.58 Å². The van der Waals surface area contributed by atoms with Gasteiger partial charge in [0.15, 0.2) is 23.5 Å². The molecule has 202 valence electrons. The lowest BCUT2D eigenvalue weighted by Crippen LogP contribution is -2.60. The van der Waals surface area contributed by atoms with Crippen molar-refractivity contribution in [3.8, 4) is 17.2 Å². The Balaban J connectivity index is 1.48.